The first kappa shape index (κ1) is 18.1. The summed E-state index contributed by atoms with van der Waals surface area (Å²) in [6.45, 7) is 4.62. The Morgan fingerprint density at radius 2 is 1.92 bits per heavy atom. The first-order valence-electron chi connectivity index (χ1n) is 7.98. The van der Waals surface area contributed by atoms with Crippen LogP contribution < -0.4 is 14.8 Å². The molecule has 0 saturated heterocycles. The molecule has 0 aliphatic carbocycles. The smallest absolute Gasteiger partial charge is 0.261 e. The lowest BCUT2D eigenvalue weighted by molar-refractivity contribution is -0.128. The van der Waals surface area contributed by atoms with Crippen molar-refractivity contribution in [2.24, 2.45) is 0 Å². The molecule has 4 nitrogen and oxygen atoms in total. The lowest BCUT2D eigenvalue weighted by Gasteiger charge is -2.17. The summed E-state index contributed by atoms with van der Waals surface area (Å²) in [5, 5.41) is 3.49. The predicted molar refractivity (Wildman–Crippen MR) is 95.8 cm³/mol. The van der Waals surface area contributed by atoms with Crippen molar-refractivity contribution >= 4 is 17.5 Å². The first-order valence-corrected chi connectivity index (χ1v) is 8.36. The van der Waals surface area contributed by atoms with Crippen LogP contribution in [0.25, 0.3) is 0 Å². The molecular weight excluding hydrogens is 326 g/mol. The molecule has 1 unspecified atom stereocenters. The van der Waals surface area contributed by atoms with Crippen LogP contribution in [0.15, 0.2) is 48.5 Å². The zero-order valence-corrected chi connectivity index (χ0v) is 14.7. The molecule has 1 N–H and O–H groups in total. The van der Waals surface area contributed by atoms with Gasteiger partial charge in [-0.3, -0.25) is 4.79 Å². The number of nitrogens with one attached hydrogen (secondary N) is 1. The van der Waals surface area contributed by atoms with Crippen LogP contribution in [0.1, 0.15) is 18.9 Å². The highest BCUT2D eigenvalue weighted by Crippen LogP contribution is 2.21. The minimum Gasteiger partial charge on any atom is -0.492 e. The van der Waals surface area contributed by atoms with Gasteiger partial charge in [0.1, 0.15) is 18.1 Å². The van der Waals surface area contributed by atoms with E-state index in [9.17, 15) is 4.79 Å². The fourth-order valence-corrected chi connectivity index (χ4v) is 2.28. The number of aryl methyl sites for hydroxylation is 1. The van der Waals surface area contributed by atoms with E-state index in [2.05, 4.69) is 5.32 Å². The predicted octanol–water partition coefficient (Wildman–Crippen LogP) is 4.00. The topological polar surface area (TPSA) is 47.6 Å². The van der Waals surface area contributed by atoms with E-state index in [1.54, 1.807) is 6.07 Å². The minimum atomic E-state index is -0.513. The van der Waals surface area contributed by atoms with Gasteiger partial charge in [0.15, 0.2) is 6.10 Å². The summed E-state index contributed by atoms with van der Waals surface area (Å²) in [6, 6.07) is 14.9. The van der Waals surface area contributed by atoms with E-state index in [4.69, 9.17) is 21.1 Å². The third-order valence-electron chi connectivity index (χ3n) is 3.50. The zero-order chi connectivity index (χ0) is 17.4. The molecule has 1 atom stereocenters. The number of hydrogen-bond donors (Lipinski definition) is 1. The van der Waals surface area contributed by atoms with Crippen molar-refractivity contribution < 1.29 is 14.3 Å². The van der Waals surface area contributed by atoms with Crippen LogP contribution in [0.5, 0.6) is 11.5 Å². The summed E-state index contributed by atoms with van der Waals surface area (Å²) >= 11 is 6.05. The van der Waals surface area contributed by atoms with Gasteiger partial charge in [0.05, 0.1) is 6.54 Å². The molecule has 0 saturated carbocycles. The lowest BCUT2D eigenvalue weighted by atomic mass is 10.2. The summed E-state index contributed by atoms with van der Waals surface area (Å²) < 4.78 is 11.3. The minimum absolute atomic E-state index is 0.146. The summed E-state index contributed by atoms with van der Waals surface area (Å²) in [5.41, 5.74) is 1.00. The highest BCUT2D eigenvalue weighted by molar-refractivity contribution is 6.31. The number of carbonyl (C=O) groups is 1. The molecule has 2 rings (SSSR count). The molecule has 1 amide bonds. The van der Waals surface area contributed by atoms with E-state index in [0.29, 0.717) is 36.1 Å². The Bertz CT molecular complexity index is 661. The van der Waals surface area contributed by atoms with Crippen LogP contribution in [-0.2, 0) is 4.79 Å². The maximum atomic E-state index is 12.2. The van der Waals surface area contributed by atoms with Crippen molar-refractivity contribution in [3.05, 3.63) is 59.1 Å². The summed E-state index contributed by atoms with van der Waals surface area (Å²) in [5.74, 6) is 1.23. The number of rotatable bonds is 8. The SMILES string of the molecule is CCC(Oc1ccccc1)C(=O)NCCOc1ccc(C)c(Cl)c1. The van der Waals surface area contributed by atoms with Crippen molar-refractivity contribution in [2.75, 3.05) is 13.2 Å². The highest BCUT2D eigenvalue weighted by Gasteiger charge is 2.17. The van der Waals surface area contributed by atoms with Crippen molar-refractivity contribution in [3.63, 3.8) is 0 Å². The number of benzene rings is 2. The maximum absolute atomic E-state index is 12.2. The first-order chi connectivity index (χ1) is 11.6. The molecule has 2 aromatic carbocycles. The Morgan fingerprint density at radius 3 is 2.58 bits per heavy atom. The second kappa shape index (κ2) is 9.18. The van der Waals surface area contributed by atoms with Crippen LogP contribution >= 0.6 is 11.6 Å². The molecule has 0 aliphatic rings. The molecule has 2 aromatic rings. The second-order valence-electron chi connectivity index (χ2n) is 5.38. The lowest BCUT2D eigenvalue weighted by Crippen LogP contribution is -2.39. The molecular formula is C19H22ClNO3. The van der Waals surface area contributed by atoms with Gasteiger partial charge in [-0.25, -0.2) is 0 Å². The van der Waals surface area contributed by atoms with Gasteiger partial charge in [0, 0.05) is 5.02 Å². The number of halogens is 1. The van der Waals surface area contributed by atoms with Crippen LogP contribution in [0, 0.1) is 6.92 Å². The molecule has 0 bridgehead atoms. The van der Waals surface area contributed by atoms with Crippen LogP contribution in [0.3, 0.4) is 0 Å². The Hall–Kier alpha value is -2.20. The van der Waals surface area contributed by atoms with Gasteiger partial charge in [0.25, 0.3) is 5.91 Å². The monoisotopic (exact) mass is 347 g/mol. The average molecular weight is 348 g/mol. The van der Waals surface area contributed by atoms with Crippen LogP contribution in [-0.4, -0.2) is 25.2 Å². The highest BCUT2D eigenvalue weighted by atomic mass is 35.5. The van der Waals surface area contributed by atoms with E-state index in [1.165, 1.54) is 0 Å². The Kier molecular flexibility index (Phi) is 6.94. The molecule has 0 spiro atoms. The van der Waals surface area contributed by atoms with Gasteiger partial charge in [-0.2, -0.15) is 0 Å². The second-order valence-corrected chi connectivity index (χ2v) is 5.79. The van der Waals surface area contributed by atoms with E-state index < -0.39 is 6.10 Å². The van der Waals surface area contributed by atoms with Crippen molar-refractivity contribution in [1.82, 2.24) is 5.32 Å². The molecule has 0 aromatic heterocycles. The number of para-hydroxylation sites is 1. The van der Waals surface area contributed by atoms with Gasteiger partial charge < -0.3 is 14.8 Å². The van der Waals surface area contributed by atoms with Gasteiger partial charge in [-0.15, -0.1) is 0 Å². The summed E-state index contributed by atoms with van der Waals surface area (Å²) in [7, 11) is 0. The molecule has 0 radical (unpaired) electrons. The van der Waals surface area contributed by atoms with Gasteiger partial charge in [-0.05, 0) is 43.2 Å². The van der Waals surface area contributed by atoms with Crippen molar-refractivity contribution in [1.29, 1.82) is 0 Å². The zero-order valence-electron chi connectivity index (χ0n) is 13.9. The fourth-order valence-electron chi connectivity index (χ4n) is 2.11. The van der Waals surface area contributed by atoms with Crippen molar-refractivity contribution in [2.45, 2.75) is 26.4 Å². The molecule has 5 heteroatoms. The quantitative estimate of drug-likeness (QED) is 0.734. The van der Waals surface area contributed by atoms with Crippen LogP contribution in [0.4, 0.5) is 0 Å². The van der Waals surface area contributed by atoms with E-state index in [0.717, 1.165) is 5.56 Å². The Labute approximate surface area is 147 Å². The number of hydrogen-bond acceptors (Lipinski definition) is 3. The fraction of sp³-hybridized carbons (Fsp3) is 0.316. The van der Waals surface area contributed by atoms with Gasteiger partial charge >= 0.3 is 0 Å². The molecule has 0 fully saturated rings. The van der Waals surface area contributed by atoms with Gasteiger partial charge in [-0.1, -0.05) is 42.8 Å². The number of ether oxygens (including phenoxy) is 2. The van der Waals surface area contributed by atoms with E-state index in [-0.39, 0.29) is 5.91 Å². The van der Waals surface area contributed by atoms with E-state index >= 15 is 0 Å². The van der Waals surface area contributed by atoms with Crippen molar-refractivity contribution in [3.8, 4) is 11.5 Å². The van der Waals surface area contributed by atoms with Crippen LogP contribution in [0.2, 0.25) is 5.02 Å². The Morgan fingerprint density at radius 1 is 1.17 bits per heavy atom. The molecule has 0 heterocycles. The number of carbonyl (C=O) groups excluding carboxylic acids is 1. The molecule has 128 valence electrons. The van der Waals surface area contributed by atoms with Gasteiger partial charge in [0.2, 0.25) is 0 Å². The largest absolute Gasteiger partial charge is 0.492 e. The molecule has 0 aliphatic heterocycles. The third kappa shape index (κ3) is 5.46. The normalized spacial score (nSPS) is 11.6. The number of amides is 1. The Balaban J connectivity index is 1.76. The maximum Gasteiger partial charge on any atom is 0.261 e. The van der Waals surface area contributed by atoms with E-state index in [1.807, 2.05) is 56.3 Å². The standard InChI is InChI=1S/C19H22ClNO3/c1-3-18(24-15-7-5-4-6-8-15)19(22)21-11-12-23-16-10-9-14(2)17(20)13-16/h4-10,13,18H,3,11-12H2,1-2H3,(H,21,22). The molecule has 24 heavy (non-hydrogen) atoms. The average Bonchev–Trinajstić information content (AvgIpc) is 2.60. The summed E-state index contributed by atoms with van der Waals surface area (Å²) in [4.78, 5) is 12.2. The summed E-state index contributed by atoms with van der Waals surface area (Å²) in [6.07, 6.45) is 0.0797. The third-order valence-corrected chi connectivity index (χ3v) is 3.91.